The van der Waals surface area contributed by atoms with Gasteiger partial charge in [-0.15, -0.1) is 0 Å². The van der Waals surface area contributed by atoms with Crippen molar-refractivity contribution in [3.63, 3.8) is 0 Å². The van der Waals surface area contributed by atoms with Crippen LogP contribution in [0.5, 0.6) is 11.5 Å². The van der Waals surface area contributed by atoms with E-state index in [1.807, 2.05) is 80.6 Å². The maximum atomic E-state index is 10.2. The van der Waals surface area contributed by atoms with Gasteiger partial charge in [0.25, 0.3) is 0 Å². The highest BCUT2D eigenvalue weighted by Crippen LogP contribution is 2.29. The molecular weight excluding hydrogens is 376 g/mol. The predicted molar refractivity (Wildman–Crippen MR) is 116 cm³/mol. The fraction of sp³-hybridized carbons (Fsp3) is 0.231. The second-order valence-corrected chi connectivity index (χ2v) is 7.63. The third kappa shape index (κ3) is 5.01. The van der Waals surface area contributed by atoms with Gasteiger partial charge in [-0.25, -0.2) is 0 Å². The standard InChI is InChI=1S/C26H24O4/c1-26(2)29-18-23(30-26)17-28-22-13-10-19(11-14-22)8-9-20-12-15-25(27)24(16-20)21-6-4-3-5-7-21/h3-7,10-16,23,27H,17-18H2,1-2H3/t23-/m0/s1. The number of aromatic hydroxyl groups is 1. The summed E-state index contributed by atoms with van der Waals surface area (Å²) in [6, 6.07) is 22.8. The Hall–Kier alpha value is -3.26. The average molecular weight is 400 g/mol. The molecule has 0 aromatic heterocycles. The van der Waals surface area contributed by atoms with Crippen molar-refractivity contribution >= 4 is 0 Å². The van der Waals surface area contributed by atoms with Crippen molar-refractivity contribution in [2.45, 2.75) is 25.7 Å². The Bertz CT molecular complexity index is 1060. The van der Waals surface area contributed by atoms with Gasteiger partial charge in [-0.2, -0.15) is 0 Å². The number of phenols is 1. The zero-order chi connectivity index (χ0) is 21.0. The van der Waals surface area contributed by atoms with Gasteiger partial charge in [-0.1, -0.05) is 42.2 Å². The summed E-state index contributed by atoms with van der Waals surface area (Å²) in [5.41, 5.74) is 3.46. The molecule has 3 aromatic carbocycles. The van der Waals surface area contributed by atoms with Gasteiger partial charge < -0.3 is 19.3 Å². The molecule has 0 aliphatic carbocycles. The summed E-state index contributed by atoms with van der Waals surface area (Å²) in [6.07, 6.45) is -0.0622. The third-order valence-corrected chi connectivity index (χ3v) is 4.79. The normalized spacial score (nSPS) is 17.2. The third-order valence-electron chi connectivity index (χ3n) is 4.79. The molecule has 1 fully saturated rings. The van der Waals surface area contributed by atoms with Crippen LogP contribution in [0.3, 0.4) is 0 Å². The van der Waals surface area contributed by atoms with Gasteiger partial charge in [0.15, 0.2) is 5.79 Å². The zero-order valence-corrected chi connectivity index (χ0v) is 17.1. The average Bonchev–Trinajstić information content (AvgIpc) is 3.11. The monoisotopic (exact) mass is 400 g/mol. The van der Waals surface area contributed by atoms with Gasteiger partial charge in [-0.05, 0) is 61.9 Å². The van der Waals surface area contributed by atoms with Crippen molar-refractivity contribution in [2.24, 2.45) is 0 Å². The number of hydrogen-bond acceptors (Lipinski definition) is 4. The van der Waals surface area contributed by atoms with Crippen LogP contribution < -0.4 is 4.74 Å². The van der Waals surface area contributed by atoms with Crippen molar-refractivity contribution in [3.8, 4) is 34.5 Å². The predicted octanol–water partition coefficient (Wildman–Crippen LogP) is 4.99. The number of ether oxygens (including phenoxy) is 3. The second kappa shape index (κ2) is 8.62. The molecule has 0 saturated carbocycles. The molecule has 30 heavy (non-hydrogen) atoms. The summed E-state index contributed by atoms with van der Waals surface area (Å²) < 4.78 is 17.1. The highest BCUT2D eigenvalue weighted by molar-refractivity contribution is 5.71. The molecule has 0 bridgehead atoms. The molecule has 0 radical (unpaired) electrons. The lowest BCUT2D eigenvalue weighted by molar-refractivity contribution is -0.141. The fourth-order valence-corrected chi connectivity index (χ4v) is 3.28. The quantitative estimate of drug-likeness (QED) is 0.627. The van der Waals surface area contributed by atoms with E-state index in [4.69, 9.17) is 14.2 Å². The first-order valence-electron chi connectivity index (χ1n) is 9.94. The molecule has 152 valence electrons. The lowest BCUT2D eigenvalue weighted by Gasteiger charge is -2.17. The highest BCUT2D eigenvalue weighted by atomic mass is 16.7. The van der Waals surface area contributed by atoms with Gasteiger partial charge in [0, 0.05) is 16.7 Å². The van der Waals surface area contributed by atoms with Gasteiger partial charge in [0.1, 0.15) is 24.2 Å². The van der Waals surface area contributed by atoms with Crippen LogP contribution in [-0.2, 0) is 9.47 Å². The molecule has 0 spiro atoms. The van der Waals surface area contributed by atoms with Crippen molar-refractivity contribution in [2.75, 3.05) is 13.2 Å². The van der Waals surface area contributed by atoms with Gasteiger partial charge >= 0.3 is 0 Å². The maximum Gasteiger partial charge on any atom is 0.163 e. The van der Waals surface area contributed by atoms with E-state index in [9.17, 15) is 5.11 Å². The number of hydrogen-bond donors (Lipinski definition) is 1. The van der Waals surface area contributed by atoms with Crippen LogP contribution in [0.15, 0.2) is 72.8 Å². The topological polar surface area (TPSA) is 47.9 Å². The largest absolute Gasteiger partial charge is 0.507 e. The Balaban J connectivity index is 1.41. The molecule has 3 aromatic rings. The van der Waals surface area contributed by atoms with Crippen molar-refractivity contribution in [1.82, 2.24) is 0 Å². The van der Waals surface area contributed by atoms with E-state index in [0.717, 1.165) is 28.0 Å². The summed E-state index contributed by atoms with van der Waals surface area (Å²) in [5.74, 6) is 6.80. The van der Waals surface area contributed by atoms with E-state index in [2.05, 4.69) is 11.8 Å². The molecule has 1 saturated heterocycles. The lowest BCUT2D eigenvalue weighted by Crippen LogP contribution is -2.25. The smallest absolute Gasteiger partial charge is 0.163 e. The summed E-state index contributed by atoms with van der Waals surface area (Å²) in [7, 11) is 0. The van der Waals surface area contributed by atoms with Crippen LogP contribution in [0.2, 0.25) is 0 Å². The maximum absolute atomic E-state index is 10.2. The van der Waals surface area contributed by atoms with E-state index in [1.165, 1.54) is 0 Å². The first-order chi connectivity index (χ1) is 14.5. The summed E-state index contributed by atoms with van der Waals surface area (Å²) >= 11 is 0. The van der Waals surface area contributed by atoms with Crippen LogP contribution in [0.25, 0.3) is 11.1 Å². The second-order valence-electron chi connectivity index (χ2n) is 7.63. The Morgan fingerprint density at radius 2 is 1.67 bits per heavy atom. The van der Waals surface area contributed by atoms with E-state index >= 15 is 0 Å². The molecule has 4 nitrogen and oxygen atoms in total. The first-order valence-corrected chi connectivity index (χ1v) is 9.94. The van der Waals surface area contributed by atoms with E-state index in [1.54, 1.807) is 6.07 Å². The van der Waals surface area contributed by atoms with Crippen molar-refractivity contribution < 1.29 is 19.3 Å². The van der Waals surface area contributed by atoms with Crippen molar-refractivity contribution in [1.29, 1.82) is 0 Å². The van der Waals surface area contributed by atoms with E-state index in [-0.39, 0.29) is 11.9 Å². The van der Waals surface area contributed by atoms with Crippen LogP contribution in [0.1, 0.15) is 25.0 Å². The van der Waals surface area contributed by atoms with E-state index < -0.39 is 5.79 Å². The Morgan fingerprint density at radius 3 is 2.37 bits per heavy atom. The minimum Gasteiger partial charge on any atom is -0.507 e. The van der Waals surface area contributed by atoms with Crippen LogP contribution in [0, 0.1) is 11.8 Å². The highest BCUT2D eigenvalue weighted by Gasteiger charge is 2.32. The van der Waals surface area contributed by atoms with Crippen molar-refractivity contribution in [3.05, 3.63) is 83.9 Å². The van der Waals surface area contributed by atoms with Gasteiger partial charge in [0.2, 0.25) is 0 Å². The summed E-state index contributed by atoms with van der Waals surface area (Å²) in [4.78, 5) is 0. The Kier molecular flexibility index (Phi) is 5.76. The van der Waals surface area contributed by atoms with Crippen LogP contribution >= 0.6 is 0 Å². The molecule has 1 aliphatic heterocycles. The molecule has 1 aliphatic rings. The number of benzene rings is 3. The zero-order valence-electron chi connectivity index (χ0n) is 17.1. The van der Waals surface area contributed by atoms with E-state index in [0.29, 0.717) is 13.2 Å². The molecule has 1 N–H and O–H groups in total. The molecule has 4 heteroatoms. The molecule has 1 heterocycles. The van der Waals surface area contributed by atoms with Crippen LogP contribution in [-0.4, -0.2) is 30.2 Å². The minimum absolute atomic E-state index is 0.0622. The summed E-state index contributed by atoms with van der Waals surface area (Å²) in [5, 5.41) is 10.2. The SMILES string of the molecule is CC1(C)OC[C@H](COc2ccc(C#Cc3ccc(O)c(-c4ccccc4)c3)cc2)O1. The molecule has 1 atom stereocenters. The minimum atomic E-state index is -0.540. The molecular formula is C26H24O4. The van der Waals surface area contributed by atoms with Gasteiger partial charge in [-0.3, -0.25) is 0 Å². The Morgan fingerprint density at radius 1 is 0.967 bits per heavy atom. The molecule has 4 rings (SSSR count). The molecule has 0 unspecified atom stereocenters. The number of rotatable bonds is 4. The first kappa shape index (κ1) is 20.0. The van der Waals surface area contributed by atoms with Gasteiger partial charge in [0.05, 0.1) is 6.61 Å². The number of phenolic OH excluding ortho intramolecular Hbond substituents is 1. The fourth-order valence-electron chi connectivity index (χ4n) is 3.28. The molecule has 0 amide bonds. The Labute approximate surface area is 177 Å². The lowest BCUT2D eigenvalue weighted by atomic mass is 10.0. The van der Waals surface area contributed by atoms with Crippen LogP contribution in [0.4, 0.5) is 0 Å². The summed E-state index contributed by atoms with van der Waals surface area (Å²) in [6.45, 7) is 4.78.